The van der Waals surface area contributed by atoms with Crippen molar-refractivity contribution in [1.29, 1.82) is 0 Å². The molecule has 1 heterocycles. The van der Waals surface area contributed by atoms with Gasteiger partial charge >= 0.3 is 18.3 Å². The molecule has 1 rings (SSSR count). The molecule has 0 aliphatic carbocycles. The Balaban J connectivity index is 2.92. The van der Waals surface area contributed by atoms with E-state index in [0.717, 1.165) is 0 Å². The van der Waals surface area contributed by atoms with Gasteiger partial charge in [0.1, 0.15) is 6.04 Å². The lowest BCUT2D eigenvalue weighted by Gasteiger charge is -2.25. The molecule has 0 bridgehead atoms. The van der Waals surface area contributed by atoms with Gasteiger partial charge in [0.15, 0.2) is 0 Å². The highest BCUT2D eigenvalue weighted by Crippen LogP contribution is 2.29. The second-order valence-electron chi connectivity index (χ2n) is 3.62. The van der Waals surface area contributed by atoms with Gasteiger partial charge < -0.3 is 15.1 Å². The van der Waals surface area contributed by atoms with E-state index in [4.69, 9.17) is 10.2 Å². The van der Waals surface area contributed by atoms with Gasteiger partial charge in [-0.25, -0.2) is 13.6 Å². The number of carbonyl (C=O) groups is 2. The molecule has 0 aromatic rings. The summed E-state index contributed by atoms with van der Waals surface area (Å²) in [6, 6.07) is -1.71. The number of β-amino-alcohol motifs (C(OH)–C–C–N with tert-alkyl or cyclic N) is 1. The molecule has 17 heavy (non-hydrogen) atoms. The molecule has 0 saturated carbocycles. The molecular weight excluding hydrogens is 250 g/mol. The second-order valence-corrected chi connectivity index (χ2v) is 3.62. The van der Waals surface area contributed by atoms with Crippen molar-refractivity contribution >= 4 is 11.9 Å². The number of likely N-dealkylation sites (tertiary alicyclic amines) is 1. The maximum absolute atomic E-state index is 12.7. The van der Waals surface area contributed by atoms with Crippen LogP contribution in [0.4, 0.5) is 17.6 Å². The van der Waals surface area contributed by atoms with Gasteiger partial charge in [0.2, 0.25) is 0 Å². The first-order chi connectivity index (χ1) is 7.67. The summed E-state index contributed by atoms with van der Waals surface area (Å²) in [5.74, 6) is -8.85. The number of carbonyl (C=O) groups excluding carboxylic acids is 1. The molecule has 0 aromatic heterocycles. The van der Waals surface area contributed by atoms with Crippen LogP contribution >= 0.6 is 0 Å². The summed E-state index contributed by atoms with van der Waals surface area (Å²) in [6.07, 6.45) is -5.99. The highest BCUT2D eigenvalue weighted by atomic mass is 19.3. The van der Waals surface area contributed by atoms with Crippen LogP contribution in [-0.4, -0.2) is 58.0 Å². The Morgan fingerprint density at radius 2 is 1.88 bits per heavy atom. The number of halogens is 4. The summed E-state index contributed by atoms with van der Waals surface area (Å²) in [7, 11) is 0. The zero-order valence-electron chi connectivity index (χ0n) is 8.32. The number of carboxylic acid groups (broad SMARTS) is 1. The summed E-state index contributed by atoms with van der Waals surface area (Å²) < 4.78 is 49.3. The quantitative estimate of drug-likeness (QED) is 0.696. The van der Waals surface area contributed by atoms with E-state index in [9.17, 15) is 27.2 Å². The molecule has 5 nitrogen and oxygen atoms in total. The largest absolute Gasteiger partial charge is 0.480 e. The van der Waals surface area contributed by atoms with Crippen LogP contribution in [0.15, 0.2) is 0 Å². The van der Waals surface area contributed by atoms with E-state index < -0.39 is 49.3 Å². The van der Waals surface area contributed by atoms with Gasteiger partial charge in [-0.2, -0.15) is 8.78 Å². The summed E-state index contributed by atoms with van der Waals surface area (Å²) in [5.41, 5.74) is 0. The lowest BCUT2D eigenvalue weighted by atomic mass is 10.2. The van der Waals surface area contributed by atoms with Crippen LogP contribution in [-0.2, 0) is 9.59 Å². The zero-order chi connectivity index (χ0) is 13.4. The highest BCUT2D eigenvalue weighted by molar-refractivity contribution is 5.89. The van der Waals surface area contributed by atoms with Crippen molar-refractivity contribution < 1.29 is 37.4 Å². The van der Waals surface area contributed by atoms with Gasteiger partial charge in [0.25, 0.3) is 5.91 Å². The normalized spacial score (nSPS) is 25.4. The molecule has 1 saturated heterocycles. The number of aliphatic hydroxyl groups excluding tert-OH is 1. The van der Waals surface area contributed by atoms with Crippen LogP contribution < -0.4 is 0 Å². The summed E-state index contributed by atoms with van der Waals surface area (Å²) in [6.45, 7) is -0.696. The van der Waals surface area contributed by atoms with Gasteiger partial charge in [-0.1, -0.05) is 0 Å². The molecule has 0 spiro atoms. The maximum Gasteiger partial charge on any atom is 0.383 e. The van der Waals surface area contributed by atoms with E-state index in [1.807, 2.05) is 0 Å². The molecule has 2 atom stereocenters. The Labute approximate surface area is 92.6 Å². The summed E-state index contributed by atoms with van der Waals surface area (Å²) in [4.78, 5) is 21.8. The number of amides is 1. The minimum Gasteiger partial charge on any atom is -0.480 e. The molecule has 98 valence electrons. The Bertz CT molecular complexity index is 335. The van der Waals surface area contributed by atoms with Crippen LogP contribution in [0.25, 0.3) is 0 Å². The minimum absolute atomic E-state index is 0.0686. The van der Waals surface area contributed by atoms with E-state index in [1.165, 1.54) is 0 Å². The first-order valence-corrected chi connectivity index (χ1v) is 4.55. The van der Waals surface area contributed by atoms with Crippen molar-refractivity contribution in [3.8, 4) is 0 Å². The van der Waals surface area contributed by atoms with Crippen molar-refractivity contribution in [2.45, 2.75) is 30.9 Å². The fourth-order valence-corrected chi connectivity index (χ4v) is 1.56. The molecule has 0 unspecified atom stereocenters. The molecular formula is C8H9F4NO4. The standard InChI is InChI=1S/C8H9F4NO4/c9-6(10)8(11,12)7(17)13-2-3(14)1-4(13)5(15)16/h3-4,6,14H,1-2H2,(H,15,16)/t3-,4-/m0/s1. The SMILES string of the molecule is O=C(O)[C@@H]1C[C@H](O)CN1C(=O)C(F)(F)C(F)F. The summed E-state index contributed by atoms with van der Waals surface area (Å²) >= 11 is 0. The Hall–Kier alpha value is -1.38. The number of hydrogen-bond donors (Lipinski definition) is 2. The Morgan fingerprint density at radius 1 is 1.35 bits per heavy atom. The topological polar surface area (TPSA) is 77.8 Å². The van der Waals surface area contributed by atoms with Crippen LogP contribution in [0.5, 0.6) is 0 Å². The zero-order valence-corrected chi connectivity index (χ0v) is 8.32. The van der Waals surface area contributed by atoms with Crippen LogP contribution in [0.3, 0.4) is 0 Å². The lowest BCUT2D eigenvalue weighted by molar-refractivity contribution is -0.183. The first kappa shape index (κ1) is 13.7. The number of alkyl halides is 4. The molecule has 2 N–H and O–H groups in total. The van der Waals surface area contributed by atoms with E-state index in [1.54, 1.807) is 0 Å². The minimum atomic E-state index is -4.95. The molecule has 1 aliphatic rings. The van der Waals surface area contributed by atoms with E-state index in [-0.39, 0.29) is 4.90 Å². The molecule has 1 aliphatic heterocycles. The third kappa shape index (κ3) is 2.48. The van der Waals surface area contributed by atoms with E-state index >= 15 is 0 Å². The van der Waals surface area contributed by atoms with Crippen LogP contribution in [0.2, 0.25) is 0 Å². The van der Waals surface area contributed by atoms with Gasteiger partial charge in [-0.05, 0) is 0 Å². The second kappa shape index (κ2) is 4.47. The number of carboxylic acids is 1. The predicted molar refractivity (Wildman–Crippen MR) is 44.7 cm³/mol. The number of aliphatic hydroxyl groups is 1. The van der Waals surface area contributed by atoms with Gasteiger partial charge in [-0.3, -0.25) is 4.79 Å². The third-order valence-electron chi connectivity index (χ3n) is 2.38. The first-order valence-electron chi connectivity index (χ1n) is 4.55. The van der Waals surface area contributed by atoms with Crippen molar-refractivity contribution in [2.75, 3.05) is 6.54 Å². The van der Waals surface area contributed by atoms with Crippen molar-refractivity contribution in [1.82, 2.24) is 4.90 Å². The van der Waals surface area contributed by atoms with Crippen LogP contribution in [0.1, 0.15) is 6.42 Å². The van der Waals surface area contributed by atoms with E-state index in [2.05, 4.69) is 0 Å². The number of aliphatic carboxylic acids is 1. The predicted octanol–water partition coefficient (Wildman–Crippen LogP) is -0.0668. The Morgan fingerprint density at radius 3 is 2.29 bits per heavy atom. The van der Waals surface area contributed by atoms with Crippen molar-refractivity contribution in [3.63, 3.8) is 0 Å². The van der Waals surface area contributed by atoms with Gasteiger partial charge in [-0.15, -0.1) is 0 Å². The molecule has 1 fully saturated rings. The average Bonchev–Trinajstić information content (AvgIpc) is 2.58. The van der Waals surface area contributed by atoms with Crippen molar-refractivity contribution in [3.05, 3.63) is 0 Å². The molecule has 1 amide bonds. The Kier molecular flexibility index (Phi) is 3.60. The third-order valence-corrected chi connectivity index (χ3v) is 2.38. The lowest BCUT2D eigenvalue weighted by Crippen LogP contribution is -2.51. The molecule has 9 heteroatoms. The monoisotopic (exact) mass is 259 g/mol. The number of rotatable bonds is 3. The molecule has 0 aromatic carbocycles. The van der Waals surface area contributed by atoms with Gasteiger partial charge in [0.05, 0.1) is 6.10 Å². The highest BCUT2D eigenvalue weighted by Gasteiger charge is 2.55. The van der Waals surface area contributed by atoms with Crippen molar-refractivity contribution in [2.24, 2.45) is 0 Å². The average molecular weight is 259 g/mol. The number of hydrogen-bond acceptors (Lipinski definition) is 3. The number of nitrogens with zero attached hydrogens (tertiary/aromatic N) is 1. The smallest absolute Gasteiger partial charge is 0.383 e. The van der Waals surface area contributed by atoms with Crippen LogP contribution in [0, 0.1) is 0 Å². The summed E-state index contributed by atoms with van der Waals surface area (Å²) in [5, 5.41) is 17.7. The van der Waals surface area contributed by atoms with E-state index in [0.29, 0.717) is 0 Å². The fraction of sp³-hybridized carbons (Fsp3) is 0.750. The molecule has 0 radical (unpaired) electrons. The maximum atomic E-state index is 12.7. The van der Waals surface area contributed by atoms with Gasteiger partial charge in [0, 0.05) is 13.0 Å². The fourth-order valence-electron chi connectivity index (χ4n) is 1.56.